The van der Waals surface area contributed by atoms with Gasteiger partial charge in [-0.15, -0.1) is 11.6 Å². The standard InChI is InChI=1S/C5H6ClF/c1-2-5(7)3-4(5)6/h2,4H,1,3H2. The van der Waals surface area contributed by atoms with Gasteiger partial charge in [-0.3, -0.25) is 0 Å². The van der Waals surface area contributed by atoms with Crippen LogP contribution in [-0.4, -0.2) is 11.0 Å². The molecule has 0 amide bonds. The number of hydrogen-bond donors (Lipinski definition) is 0. The van der Waals surface area contributed by atoms with Crippen molar-refractivity contribution in [3.05, 3.63) is 12.7 Å². The zero-order valence-corrected chi connectivity index (χ0v) is 4.58. The van der Waals surface area contributed by atoms with E-state index in [1.54, 1.807) is 0 Å². The Balaban J connectivity index is 2.51. The smallest absolute Gasteiger partial charge is 0.146 e. The molecule has 0 aromatic carbocycles. The quantitative estimate of drug-likeness (QED) is 0.366. The van der Waals surface area contributed by atoms with Gasteiger partial charge in [-0.2, -0.15) is 0 Å². The maximum Gasteiger partial charge on any atom is 0.146 e. The molecule has 0 aromatic heterocycles. The maximum atomic E-state index is 12.4. The van der Waals surface area contributed by atoms with Gasteiger partial charge in [0, 0.05) is 6.42 Å². The van der Waals surface area contributed by atoms with E-state index in [0.717, 1.165) is 0 Å². The van der Waals surface area contributed by atoms with Crippen molar-refractivity contribution in [3.63, 3.8) is 0 Å². The van der Waals surface area contributed by atoms with Crippen LogP contribution in [0, 0.1) is 0 Å². The summed E-state index contributed by atoms with van der Waals surface area (Å²) in [6.45, 7) is 3.29. The summed E-state index contributed by atoms with van der Waals surface area (Å²) in [6.07, 6.45) is 1.71. The molecule has 2 heteroatoms. The van der Waals surface area contributed by atoms with Crippen LogP contribution in [0.15, 0.2) is 12.7 Å². The van der Waals surface area contributed by atoms with Crippen LogP contribution in [-0.2, 0) is 0 Å². The Kier molecular flexibility index (Phi) is 0.890. The Hall–Kier alpha value is -0.0400. The molecule has 1 saturated carbocycles. The first-order valence-corrected chi connectivity index (χ1v) is 2.59. The fraction of sp³-hybridized carbons (Fsp3) is 0.600. The minimum Gasteiger partial charge on any atom is -0.238 e. The van der Waals surface area contributed by atoms with Gasteiger partial charge < -0.3 is 0 Å². The third kappa shape index (κ3) is 0.653. The molecule has 0 N–H and O–H groups in total. The predicted molar refractivity (Wildman–Crippen MR) is 28.3 cm³/mol. The first kappa shape index (κ1) is 5.10. The molecule has 2 atom stereocenters. The van der Waals surface area contributed by atoms with E-state index in [0.29, 0.717) is 6.42 Å². The highest BCUT2D eigenvalue weighted by atomic mass is 35.5. The zero-order valence-electron chi connectivity index (χ0n) is 3.82. The summed E-state index contributed by atoms with van der Waals surface area (Å²) >= 11 is 5.35. The summed E-state index contributed by atoms with van der Waals surface area (Å²) in [5.41, 5.74) is -1.22. The lowest BCUT2D eigenvalue weighted by atomic mass is 10.4. The van der Waals surface area contributed by atoms with Crippen molar-refractivity contribution in [1.29, 1.82) is 0 Å². The second-order valence-electron chi connectivity index (χ2n) is 1.80. The van der Waals surface area contributed by atoms with E-state index in [4.69, 9.17) is 11.6 Å². The Bertz CT molecular complexity index is 102. The first-order chi connectivity index (χ1) is 3.19. The SMILES string of the molecule is C=CC1(F)CC1Cl. The van der Waals surface area contributed by atoms with Crippen molar-refractivity contribution < 1.29 is 4.39 Å². The lowest BCUT2D eigenvalue weighted by Gasteiger charge is -1.89. The Labute approximate surface area is 47.0 Å². The highest BCUT2D eigenvalue weighted by Gasteiger charge is 2.51. The molecule has 1 aliphatic rings. The second kappa shape index (κ2) is 1.22. The number of alkyl halides is 2. The Morgan fingerprint density at radius 2 is 2.43 bits per heavy atom. The molecule has 0 radical (unpaired) electrons. The number of halogens is 2. The van der Waals surface area contributed by atoms with Crippen molar-refractivity contribution in [2.45, 2.75) is 17.5 Å². The molecule has 0 aliphatic heterocycles. The molecule has 1 aliphatic carbocycles. The van der Waals surface area contributed by atoms with Crippen LogP contribution in [0.25, 0.3) is 0 Å². The molecule has 1 fully saturated rings. The van der Waals surface area contributed by atoms with Gasteiger partial charge in [-0.25, -0.2) is 4.39 Å². The minimum atomic E-state index is -1.22. The lowest BCUT2D eigenvalue weighted by Crippen LogP contribution is -1.95. The zero-order chi connectivity index (χ0) is 5.49. The molecule has 0 heterocycles. The molecule has 0 bridgehead atoms. The molecular weight excluding hydrogens is 115 g/mol. The normalized spacial score (nSPS) is 48.6. The van der Waals surface area contributed by atoms with Gasteiger partial charge in [0.1, 0.15) is 5.67 Å². The first-order valence-electron chi connectivity index (χ1n) is 2.15. The largest absolute Gasteiger partial charge is 0.238 e. The van der Waals surface area contributed by atoms with Crippen molar-refractivity contribution in [2.24, 2.45) is 0 Å². The third-order valence-corrected chi connectivity index (χ3v) is 1.71. The predicted octanol–water partition coefficient (Wildman–Crippen LogP) is 1.89. The topological polar surface area (TPSA) is 0 Å². The monoisotopic (exact) mass is 120 g/mol. The number of rotatable bonds is 1. The van der Waals surface area contributed by atoms with Gasteiger partial charge in [0.25, 0.3) is 0 Å². The fourth-order valence-corrected chi connectivity index (χ4v) is 0.753. The van der Waals surface area contributed by atoms with Gasteiger partial charge in [0.2, 0.25) is 0 Å². The Morgan fingerprint density at radius 3 is 2.43 bits per heavy atom. The average molecular weight is 121 g/mol. The maximum absolute atomic E-state index is 12.4. The lowest BCUT2D eigenvalue weighted by molar-refractivity contribution is 0.382. The van der Waals surface area contributed by atoms with E-state index in [2.05, 4.69) is 6.58 Å². The van der Waals surface area contributed by atoms with E-state index >= 15 is 0 Å². The van der Waals surface area contributed by atoms with Crippen LogP contribution in [0.2, 0.25) is 0 Å². The molecule has 0 aromatic rings. The molecule has 1 rings (SSSR count). The Morgan fingerprint density at radius 1 is 2.00 bits per heavy atom. The van der Waals surface area contributed by atoms with Crippen LogP contribution in [0.4, 0.5) is 4.39 Å². The highest BCUT2D eigenvalue weighted by Crippen LogP contribution is 2.45. The van der Waals surface area contributed by atoms with Gasteiger partial charge >= 0.3 is 0 Å². The van der Waals surface area contributed by atoms with Crippen LogP contribution in [0.1, 0.15) is 6.42 Å². The summed E-state index contributed by atoms with van der Waals surface area (Å²) in [6, 6.07) is 0. The molecule has 0 saturated heterocycles. The molecule has 40 valence electrons. The van der Waals surface area contributed by atoms with E-state index in [1.807, 2.05) is 0 Å². The van der Waals surface area contributed by atoms with Crippen LogP contribution in [0.3, 0.4) is 0 Å². The van der Waals surface area contributed by atoms with Crippen molar-refractivity contribution >= 4 is 11.6 Å². The minimum absolute atomic E-state index is 0.301. The van der Waals surface area contributed by atoms with Crippen LogP contribution >= 0.6 is 11.6 Å². The van der Waals surface area contributed by atoms with E-state index in [9.17, 15) is 4.39 Å². The summed E-state index contributed by atoms with van der Waals surface area (Å²) in [4.78, 5) is 0. The van der Waals surface area contributed by atoms with Crippen molar-refractivity contribution in [2.75, 3.05) is 0 Å². The second-order valence-corrected chi connectivity index (χ2v) is 2.33. The summed E-state index contributed by atoms with van der Waals surface area (Å²) in [7, 11) is 0. The van der Waals surface area contributed by atoms with Gasteiger partial charge in [0.15, 0.2) is 0 Å². The molecule has 0 spiro atoms. The molecule has 0 nitrogen and oxygen atoms in total. The third-order valence-electron chi connectivity index (χ3n) is 1.19. The molecule has 7 heavy (non-hydrogen) atoms. The number of allylic oxidation sites excluding steroid dienone is 1. The highest BCUT2D eigenvalue weighted by molar-refractivity contribution is 6.23. The van der Waals surface area contributed by atoms with Crippen molar-refractivity contribution in [3.8, 4) is 0 Å². The number of hydrogen-bond acceptors (Lipinski definition) is 0. The van der Waals surface area contributed by atoms with Gasteiger partial charge in [0.05, 0.1) is 5.38 Å². The average Bonchev–Trinajstić information content (AvgIpc) is 2.18. The fourth-order valence-electron chi connectivity index (χ4n) is 0.427. The van der Waals surface area contributed by atoms with E-state index < -0.39 is 5.67 Å². The molecular formula is C5H6ClF. The summed E-state index contributed by atoms with van der Waals surface area (Å²) in [5.74, 6) is 0. The van der Waals surface area contributed by atoms with Crippen LogP contribution < -0.4 is 0 Å². The van der Waals surface area contributed by atoms with Gasteiger partial charge in [-0.1, -0.05) is 12.7 Å². The van der Waals surface area contributed by atoms with E-state index in [-0.39, 0.29) is 5.38 Å². The summed E-state index contributed by atoms with van der Waals surface area (Å²) in [5, 5.41) is -0.301. The summed E-state index contributed by atoms with van der Waals surface area (Å²) < 4.78 is 12.4. The molecule has 2 unspecified atom stereocenters. The van der Waals surface area contributed by atoms with Crippen LogP contribution in [0.5, 0.6) is 0 Å². The van der Waals surface area contributed by atoms with Gasteiger partial charge in [-0.05, 0) is 0 Å². The van der Waals surface area contributed by atoms with E-state index in [1.165, 1.54) is 6.08 Å². The van der Waals surface area contributed by atoms with Crippen molar-refractivity contribution in [1.82, 2.24) is 0 Å².